The molecular weight excluding hydrogens is 428 g/mol. The van der Waals surface area contributed by atoms with E-state index in [0.717, 1.165) is 36.3 Å². The molecule has 0 spiro atoms. The van der Waals surface area contributed by atoms with Gasteiger partial charge in [-0.2, -0.15) is 0 Å². The van der Waals surface area contributed by atoms with E-state index < -0.39 is 10.0 Å². The fourth-order valence-electron chi connectivity index (χ4n) is 2.92. The number of hydrogen-bond acceptors (Lipinski definition) is 6. The third-order valence-corrected chi connectivity index (χ3v) is 5.47. The zero-order valence-corrected chi connectivity index (χ0v) is 19.6. The minimum atomic E-state index is -3.35. The quantitative estimate of drug-likeness (QED) is 0.556. The lowest BCUT2D eigenvalue weighted by molar-refractivity contribution is 0.239. The Kier molecular flexibility index (Phi) is 8.64. The number of hydrogen-bond donors (Lipinski definition) is 1. The topological polar surface area (TPSA) is 77.1 Å². The highest BCUT2D eigenvalue weighted by molar-refractivity contribution is 7.92. The van der Waals surface area contributed by atoms with E-state index in [2.05, 4.69) is 16.5 Å². The highest BCUT2D eigenvalue weighted by Crippen LogP contribution is 2.30. The van der Waals surface area contributed by atoms with Crippen LogP contribution in [0, 0.1) is 6.92 Å². The predicted octanol–water partition coefficient (Wildman–Crippen LogP) is 3.59. The fraction of sp³-hybridized carbons (Fsp3) is 0.429. The van der Waals surface area contributed by atoms with E-state index in [-0.39, 0.29) is 0 Å². The van der Waals surface area contributed by atoms with Crippen LogP contribution >= 0.6 is 11.6 Å². The van der Waals surface area contributed by atoms with Gasteiger partial charge in [-0.05, 0) is 61.9 Å². The maximum Gasteiger partial charge on any atom is 0.229 e. The van der Waals surface area contributed by atoms with Crippen molar-refractivity contribution in [2.75, 3.05) is 51.9 Å². The van der Waals surface area contributed by atoms with Crippen molar-refractivity contribution < 1.29 is 22.6 Å². The number of nitrogens with zero attached hydrogens (tertiary/aromatic N) is 1. The Balaban J connectivity index is 1.85. The monoisotopic (exact) mass is 456 g/mol. The average Bonchev–Trinajstić information content (AvgIpc) is 2.67. The number of rotatable bonds is 11. The summed E-state index contributed by atoms with van der Waals surface area (Å²) < 4.78 is 41.4. The van der Waals surface area contributed by atoms with Gasteiger partial charge < -0.3 is 19.1 Å². The van der Waals surface area contributed by atoms with E-state index in [0.29, 0.717) is 29.6 Å². The van der Waals surface area contributed by atoms with Gasteiger partial charge in [-0.25, -0.2) is 8.42 Å². The third-order valence-electron chi connectivity index (χ3n) is 4.57. The molecule has 0 aliphatic heterocycles. The van der Waals surface area contributed by atoms with Gasteiger partial charge >= 0.3 is 0 Å². The first-order valence-corrected chi connectivity index (χ1v) is 11.7. The van der Waals surface area contributed by atoms with Crippen LogP contribution < -0.4 is 18.9 Å². The first-order chi connectivity index (χ1) is 14.1. The summed E-state index contributed by atoms with van der Waals surface area (Å²) in [6.45, 7) is 4.08. The van der Waals surface area contributed by atoms with Gasteiger partial charge in [0.05, 0.1) is 31.2 Å². The van der Waals surface area contributed by atoms with Crippen LogP contribution in [0.4, 0.5) is 5.69 Å². The van der Waals surface area contributed by atoms with Crippen LogP contribution in [-0.2, 0) is 16.4 Å². The standard InChI is InChI=1S/C21H29ClN2O5S/c1-15-12-20(27-3)21(28-4)13-16(15)8-9-24(2)10-11-29-19-7-6-17(14-18(19)22)23-30(5,25)26/h6-7,12-14,23H,8-11H2,1-5H3. The van der Waals surface area contributed by atoms with Crippen molar-refractivity contribution in [2.24, 2.45) is 0 Å². The highest BCUT2D eigenvalue weighted by atomic mass is 35.5. The lowest BCUT2D eigenvalue weighted by Crippen LogP contribution is -2.26. The molecule has 0 saturated carbocycles. The van der Waals surface area contributed by atoms with Gasteiger partial charge in [-0.3, -0.25) is 4.72 Å². The van der Waals surface area contributed by atoms with Crippen molar-refractivity contribution in [3.63, 3.8) is 0 Å². The molecule has 1 N–H and O–H groups in total. The van der Waals surface area contributed by atoms with Crippen LogP contribution in [0.1, 0.15) is 11.1 Å². The molecule has 9 heteroatoms. The Morgan fingerprint density at radius 1 is 1.03 bits per heavy atom. The van der Waals surface area contributed by atoms with Crippen LogP contribution in [0.25, 0.3) is 0 Å². The molecule has 0 fully saturated rings. The van der Waals surface area contributed by atoms with Gasteiger partial charge in [-0.1, -0.05) is 11.6 Å². The number of anilines is 1. The van der Waals surface area contributed by atoms with Crippen LogP contribution in [0.3, 0.4) is 0 Å². The van der Waals surface area contributed by atoms with Crippen molar-refractivity contribution in [1.82, 2.24) is 4.90 Å². The van der Waals surface area contributed by atoms with Crippen LogP contribution in [0.5, 0.6) is 17.2 Å². The molecule has 0 unspecified atom stereocenters. The fourth-order valence-corrected chi connectivity index (χ4v) is 3.71. The van der Waals surface area contributed by atoms with E-state index in [4.69, 9.17) is 25.8 Å². The number of halogens is 1. The Labute approximate surface area is 183 Å². The summed E-state index contributed by atoms with van der Waals surface area (Å²) in [6.07, 6.45) is 1.96. The number of likely N-dealkylation sites (N-methyl/N-ethyl adjacent to an activating group) is 1. The molecule has 2 aromatic rings. The summed E-state index contributed by atoms with van der Waals surface area (Å²) >= 11 is 6.19. The van der Waals surface area contributed by atoms with E-state index in [1.54, 1.807) is 26.4 Å². The minimum absolute atomic E-state index is 0.354. The third kappa shape index (κ3) is 7.27. The molecule has 0 radical (unpaired) electrons. The maximum absolute atomic E-state index is 11.3. The molecule has 0 heterocycles. The Morgan fingerprint density at radius 3 is 2.30 bits per heavy atom. The highest BCUT2D eigenvalue weighted by Gasteiger charge is 2.10. The van der Waals surface area contributed by atoms with Gasteiger partial charge in [0.25, 0.3) is 0 Å². The average molecular weight is 457 g/mol. The van der Waals surface area contributed by atoms with Crippen molar-refractivity contribution in [3.8, 4) is 17.2 Å². The molecule has 0 saturated heterocycles. The lowest BCUT2D eigenvalue weighted by atomic mass is 10.0. The summed E-state index contributed by atoms with van der Waals surface area (Å²) in [7, 11) is 1.95. The summed E-state index contributed by atoms with van der Waals surface area (Å²) in [4.78, 5) is 2.17. The molecule has 30 heavy (non-hydrogen) atoms. The number of nitrogens with one attached hydrogen (secondary N) is 1. The van der Waals surface area contributed by atoms with Gasteiger partial charge in [0.1, 0.15) is 12.4 Å². The molecule has 0 bridgehead atoms. The second-order valence-electron chi connectivity index (χ2n) is 7.05. The van der Waals surface area contributed by atoms with E-state index in [1.165, 1.54) is 11.6 Å². The zero-order valence-electron chi connectivity index (χ0n) is 18.0. The number of benzene rings is 2. The van der Waals surface area contributed by atoms with Crippen molar-refractivity contribution in [2.45, 2.75) is 13.3 Å². The molecule has 0 aliphatic rings. The molecule has 0 aromatic heterocycles. The molecule has 2 aromatic carbocycles. The minimum Gasteiger partial charge on any atom is -0.493 e. The lowest BCUT2D eigenvalue weighted by Gasteiger charge is -2.19. The molecule has 166 valence electrons. The zero-order chi connectivity index (χ0) is 22.3. The van der Waals surface area contributed by atoms with Crippen LogP contribution in [0.15, 0.2) is 30.3 Å². The maximum atomic E-state index is 11.3. The predicted molar refractivity (Wildman–Crippen MR) is 121 cm³/mol. The van der Waals surface area contributed by atoms with E-state index in [1.807, 2.05) is 19.2 Å². The number of methoxy groups -OCH3 is 2. The summed E-state index contributed by atoms with van der Waals surface area (Å²) in [5.74, 6) is 1.97. The molecule has 0 aliphatic carbocycles. The van der Waals surface area contributed by atoms with E-state index >= 15 is 0 Å². The summed E-state index contributed by atoms with van der Waals surface area (Å²) in [5.41, 5.74) is 2.77. The molecule has 2 rings (SSSR count). The van der Waals surface area contributed by atoms with Gasteiger partial charge in [-0.15, -0.1) is 0 Å². The Bertz CT molecular complexity index is 966. The normalized spacial score (nSPS) is 11.4. The van der Waals surface area contributed by atoms with E-state index in [9.17, 15) is 8.42 Å². The van der Waals surface area contributed by atoms with Crippen LogP contribution in [-0.4, -0.2) is 60.5 Å². The first-order valence-electron chi connectivity index (χ1n) is 9.43. The second kappa shape index (κ2) is 10.7. The second-order valence-corrected chi connectivity index (χ2v) is 9.21. The van der Waals surface area contributed by atoms with Crippen molar-refractivity contribution >= 4 is 27.3 Å². The van der Waals surface area contributed by atoms with Gasteiger partial charge in [0.2, 0.25) is 10.0 Å². The first kappa shape index (κ1) is 24.1. The van der Waals surface area contributed by atoms with Crippen LogP contribution in [0.2, 0.25) is 5.02 Å². The number of ether oxygens (including phenoxy) is 3. The summed E-state index contributed by atoms with van der Waals surface area (Å²) in [6, 6.07) is 8.81. The largest absolute Gasteiger partial charge is 0.493 e. The molecular formula is C21H29ClN2O5S. The Morgan fingerprint density at radius 2 is 1.70 bits per heavy atom. The summed E-state index contributed by atoms with van der Waals surface area (Å²) in [5, 5.41) is 0.354. The Hall–Kier alpha value is -2.16. The number of sulfonamides is 1. The van der Waals surface area contributed by atoms with Crippen molar-refractivity contribution in [1.29, 1.82) is 0 Å². The SMILES string of the molecule is COc1cc(C)c(CCN(C)CCOc2ccc(NS(C)(=O)=O)cc2Cl)cc1OC. The van der Waals surface area contributed by atoms with Gasteiger partial charge in [0, 0.05) is 13.1 Å². The molecule has 0 atom stereocenters. The molecule has 0 amide bonds. The number of aryl methyl sites for hydroxylation is 1. The van der Waals surface area contributed by atoms with Crippen molar-refractivity contribution in [3.05, 3.63) is 46.5 Å². The smallest absolute Gasteiger partial charge is 0.229 e. The molecule has 7 nitrogen and oxygen atoms in total. The van der Waals surface area contributed by atoms with Gasteiger partial charge in [0.15, 0.2) is 11.5 Å².